The zero-order valence-electron chi connectivity index (χ0n) is 11.4. The maximum atomic E-state index is 10.9. The second-order valence-electron chi connectivity index (χ2n) is 4.27. The molecule has 0 aromatic heterocycles. The number of aromatic carboxylic acids is 1. The van der Waals surface area contributed by atoms with Crippen LogP contribution in [0.15, 0.2) is 47.4 Å². The molecule has 0 spiro atoms. The lowest BCUT2D eigenvalue weighted by Crippen LogP contribution is -1.95. The Balaban J connectivity index is 2.11. The van der Waals surface area contributed by atoms with E-state index in [1.807, 2.05) is 18.2 Å². The quantitative estimate of drug-likeness (QED) is 0.855. The van der Waals surface area contributed by atoms with Crippen LogP contribution in [-0.2, 0) is 5.75 Å². The number of benzene rings is 2. The molecule has 106 valence electrons. The molecule has 0 radical (unpaired) electrons. The molecule has 0 saturated carbocycles. The van der Waals surface area contributed by atoms with Gasteiger partial charge in [-0.25, -0.2) is 4.79 Å². The summed E-state index contributed by atoms with van der Waals surface area (Å²) in [6, 6.07) is 14.3. The lowest BCUT2D eigenvalue weighted by atomic mass is 10.1. The standard InChI is InChI=1S/C16H13NO3S/c1-20-15-7-11(5-6-13(15)9-17)10-21-14-4-2-3-12(8-14)16(18)19/h2-8H,10H2,1H3,(H,18,19). The van der Waals surface area contributed by atoms with Crippen molar-refractivity contribution >= 4 is 17.7 Å². The first-order chi connectivity index (χ1) is 10.1. The van der Waals surface area contributed by atoms with Crippen molar-refractivity contribution < 1.29 is 14.6 Å². The maximum absolute atomic E-state index is 10.9. The number of rotatable bonds is 5. The van der Waals surface area contributed by atoms with Gasteiger partial charge in [0.05, 0.1) is 18.2 Å². The summed E-state index contributed by atoms with van der Waals surface area (Å²) in [5, 5.41) is 17.9. The van der Waals surface area contributed by atoms with Gasteiger partial charge in [0.1, 0.15) is 11.8 Å². The van der Waals surface area contributed by atoms with E-state index in [4.69, 9.17) is 15.1 Å². The predicted molar refractivity (Wildman–Crippen MR) is 80.7 cm³/mol. The van der Waals surface area contributed by atoms with E-state index in [9.17, 15) is 4.79 Å². The van der Waals surface area contributed by atoms with Crippen LogP contribution in [0.3, 0.4) is 0 Å². The molecule has 0 unspecified atom stereocenters. The van der Waals surface area contributed by atoms with Gasteiger partial charge in [-0.05, 0) is 35.9 Å². The highest BCUT2D eigenvalue weighted by molar-refractivity contribution is 7.98. The van der Waals surface area contributed by atoms with Crippen molar-refractivity contribution in [2.75, 3.05) is 7.11 Å². The fraction of sp³-hybridized carbons (Fsp3) is 0.125. The minimum Gasteiger partial charge on any atom is -0.495 e. The zero-order chi connectivity index (χ0) is 15.2. The molecule has 0 aliphatic carbocycles. The molecule has 0 saturated heterocycles. The molecule has 0 aliphatic heterocycles. The molecule has 0 bridgehead atoms. The summed E-state index contributed by atoms with van der Waals surface area (Å²) >= 11 is 1.54. The molecule has 1 N–H and O–H groups in total. The van der Waals surface area contributed by atoms with Crippen molar-refractivity contribution in [1.29, 1.82) is 5.26 Å². The summed E-state index contributed by atoms with van der Waals surface area (Å²) in [5.74, 6) is 0.290. The first kappa shape index (κ1) is 14.9. The van der Waals surface area contributed by atoms with E-state index in [1.165, 1.54) is 18.9 Å². The Kier molecular flexibility index (Phi) is 4.85. The number of carboxylic acids is 1. The van der Waals surface area contributed by atoms with E-state index >= 15 is 0 Å². The van der Waals surface area contributed by atoms with Crippen LogP contribution >= 0.6 is 11.8 Å². The summed E-state index contributed by atoms with van der Waals surface area (Å²) < 4.78 is 5.17. The van der Waals surface area contributed by atoms with Crippen molar-refractivity contribution in [1.82, 2.24) is 0 Å². The van der Waals surface area contributed by atoms with Crippen LogP contribution in [0.25, 0.3) is 0 Å². The number of carboxylic acid groups (broad SMARTS) is 1. The third kappa shape index (κ3) is 3.77. The number of hydrogen-bond donors (Lipinski definition) is 1. The highest BCUT2D eigenvalue weighted by atomic mass is 32.2. The molecule has 2 aromatic rings. The van der Waals surface area contributed by atoms with Crippen LogP contribution in [-0.4, -0.2) is 18.2 Å². The number of nitriles is 1. The van der Waals surface area contributed by atoms with Gasteiger partial charge < -0.3 is 9.84 Å². The molecule has 0 heterocycles. The Morgan fingerprint density at radius 3 is 2.81 bits per heavy atom. The summed E-state index contributed by atoms with van der Waals surface area (Å²) in [5.41, 5.74) is 1.79. The maximum Gasteiger partial charge on any atom is 0.335 e. The van der Waals surface area contributed by atoms with Crippen LogP contribution < -0.4 is 4.74 Å². The smallest absolute Gasteiger partial charge is 0.335 e. The van der Waals surface area contributed by atoms with Gasteiger partial charge in [0, 0.05) is 10.6 Å². The number of ether oxygens (including phenoxy) is 1. The first-order valence-electron chi connectivity index (χ1n) is 6.17. The minimum absolute atomic E-state index is 0.275. The van der Waals surface area contributed by atoms with Crippen LogP contribution in [0.4, 0.5) is 0 Å². The van der Waals surface area contributed by atoms with Gasteiger partial charge in [-0.15, -0.1) is 11.8 Å². The largest absolute Gasteiger partial charge is 0.495 e. The van der Waals surface area contributed by atoms with Crippen LogP contribution in [0.1, 0.15) is 21.5 Å². The molecular weight excluding hydrogens is 286 g/mol. The highest BCUT2D eigenvalue weighted by Crippen LogP contribution is 2.27. The van der Waals surface area contributed by atoms with E-state index < -0.39 is 5.97 Å². The second-order valence-corrected chi connectivity index (χ2v) is 5.32. The Hall–Kier alpha value is -2.45. The molecule has 2 aromatic carbocycles. The predicted octanol–water partition coefficient (Wildman–Crippen LogP) is 3.56. The van der Waals surface area contributed by atoms with Gasteiger partial charge in [0.2, 0.25) is 0 Å². The van der Waals surface area contributed by atoms with Gasteiger partial charge in [0.15, 0.2) is 0 Å². The number of carbonyl (C=O) groups is 1. The Labute approximate surface area is 127 Å². The lowest BCUT2D eigenvalue weighted by molar-refractivity contribution is 0.0696. The molecule has 5 heteroatoms. The van der Waals surface area contributed by atoms with Crippen molar-refractivity contribution in [3.05, 3.63) is 59.2 Å². The summed E-state index contributed by atoms with van der Waals surface area (Å²) in [4.78, 5) is 11.8. The van der Waals surface area contributed by atoms with E-state index in [0.717, 1.165) is 10.5 Å². The summed E-state index contributed by atoms with van der Waals surface area (Å²) in [6.45, 7) is 0. The molecule has 0 aliphatic rings. The second kappa shape index (κ2) is 6.82. The Bertz CT molecular complexity index is 707. The number of nitrogens with zero attached hydrogens (tertiary/aromatic N) is 1. The fourth-order valence-electron chi connectivity index (χ4n) is 1.80. The van der Waals surface area contributed by atoms with Gasteiger partial charge in [-0.3, -0.25) is 0 Å². The van der Waals surface area contributed by atoms with Crippen molar-refractivity contribution in [3.63, 3.8) is 0 Å². The fourth-order valence-corrected chi connectivity index (χ4v) is 2.70. The monoisotopic (exact) mass is 299 g/mol. The molecule has 21 heavy (non-hydrogen) atoms. The Morgan fingerprint density at radius 1 is 1.33 bits per heavy atom. The average molecular weight is 299 g/mol. The van der Waals surface area contributed by atoms with Crippen LogP contribution in [0.5, 0.6) is 5.75 Å². The molecule has 0 atom stereocenters. The molecular formula is C16H13NO3S. The zero-order valence-corrected chi connectivity index (χ0v) is 12.2. The van der Waals surface area contributed by atoms with E-state index in [-0.39, 0.29) is 5.56 Å². The van der Waals surface area contributed by atoms with Gasteiger partial charge in [-0.1, -0.05) is 12.1 Å². The third-order valence-corrected chi connectivity index (χ3v) is 3.94. The summed E-state index contributed by atoms with van der Waals surface area (Å²) in [7, 11) is 1.53. The van der Waals surface area contributed by atoms with Gasteiger partial charge in [0.25, 0.3) is 0 Å². The molecule has 4 nitrogen and oxygen atoms in total. The third-order valence-electron chi connectivity index (χ3n) is 2.87. The van der Waals surface area contributed by atoms with E-state index in [1.54, 1.807) is 24.3 Å². The minimum atomic E-state index is -0.933. The topological polar surface area (TPSA) is 70.3 Å². The lowest BCUT2D eigenvalue weighted by Gasteiger charge is -2.07. The number of hydrogen-bond acceptors (Lipinski definition) is 4. The number of thioether (sulfide) groups is 1. The normalized spacial score (nSPS) is 9.90. The first-order valence-corrected chi connectivity index (χ1v) is 7.16. The van der Waals surface area contributed by atoms with Crippen molar-refractivity contribution in [2.45, 2.75) is 10.6 Å². The van der Waals surface area contributed by atoms with Crippen LogP contribution in [0.2, 0.25) is 0 Å². The van der Waals surface area contributed by atoms with Crippen molar-refractivity contribution in [2.24, 2.45) is 0 Å². The van der Waals surface area contributed by atoms with E-state index in [0.29, 0.717) is 17.1 Å². The molecule has 2 rings (SSSR count). The van der Waals surface area contributed by atoms with Crippen LogP contribution in [0, 0.1) is 11.3 Å². The SMILES string of the molecule is COc1cc(CSc2cccc(C(=O)O)c2)ccc1C#N. The highest BCUT2D eigenvalue weighted by Gasteiger charge is 2.06. The number of methoxy groups -OCH3 is 1. The average Bonchev–Trinajstić information content (AvgIpc) is 2.52. The summed E-state index contributed by atoms with van der Waals surface area (Å²) in [6.07, 6.45) is 0. The van der Waals surface area contributed by atoms with Crippen molar-refractivity contribution in [3.8, 4) is 11.8 Å². The van der Waals surface area contributed by atoms with Gasteiger partial charge in [-0.2, -0.15) is 5.26 Å². The van der Waals surface area contributed by atoms with Gasteiger partial charge >= 0.3 is 5.97 Å². The Morgan fingerprint density at radius 2 is 2.14 bits per heavy atom. The molecule has 0 fully saturated rings. The molecule has 0 amide bonds. The van der Waals surface area contributed by atoms with E-state index in [2.05, 4.69) is 6.07 Å².